The van der Waals surface area contributed by atoms with Crippen LogP contribution in [0.3, 0.4) is 0 Å². The lowest BCUT2D eigenvalue weighted by molar-refractivity contribution is 0.102. The van der Waals surface area contributed by atoms with Crippen LogP contribution in [0.4, 0.5) is 10.6 Å². The minimum absolute atomic E-state index is 0.230. The molecule has 0 spiro atoms. The van der Waals surface area contributed by atoms with E-state index >= 15 is 0 Å². The number of hydrogen-bond acceptors (Lipinski definition) is 3. The summed E-state index contributed by atoms with van der Waals surface area (Å²) in [7, 11) is 0. The largest absolute Gasteiger partial charge is 0.352 e. The van der Waals surface area contributed by atoms with E-state index in [0.717, 1.165) is 11.1 Å². The standard InChI is InChI=1S/C13H15N5O2/c1-8-6-16-18-11(8)17-12(19)10-4-2-9(3-5-10)7-15-13(14)20/h2-6H,7H2,1H3,(H3,14,15,20)(H2,16,17,18,19). The SMILES string of the molecule is Cc1cn[nH]c1NC(=O)c1ccc(CNC(N)=O)cc1. The number of aromatic amines is 1. The monoisotopic (exact) mass is 273 g/mol. The van der Waals surface area contributed by atoms with Gasteiger partial charge in [0.25, 0.3) is 5.91 Å². The molecular formula is C13H15N5O2. The second-order valence-electron chi connectivity index (χ2n) is 4.30. The van der Waals surface area contributed by atoms with Crippen LogP contribution in [0.5, 0.6) is 0 Å². The number of nitrogens with one attached hydrogen (secondary N) is 3. The van der Waals surface area contributed by atoms with E-state index < -0.39 is 6.03 Å². The Kier molecular flexibility index (Phi) is 3.99. The van der Waals surface area contributed by atoms with E-state index in [1.165, 1.54) is 0 Å². The molecule has 0 aliphatic heterocycles. The first kappa shape index (κ1) is 13.6. The van der Waals surface area contributed by atoms with Crippen LogP contribution < -0.4 is 16.4 Å². The molecule has 0 atom stereocenters. The third-order valence-electron chi connectivity index (χ3n) is 2.75. The van der Waals surface area contributed by atoms with Gasteiger partial charge in [-0.2, -0.15) is 5.10 Å². The summed E-state index contributed by atoms with van der Waals surface area (Å²) in [6, 6.07) is 6.29. The number of urea groups is 1. The van der Waals surface area contributed by atoms with Crippen LogP contribution >= 0.6 is 0 Å². The lowest BCUT2D eigenvalue weighted by Crippen LogP contribution is -2.28. The number of carbonyl (C=O) groups is 2. The maximum Gasteiger partial charge on any atom is 0.312 e. The van der Waals surface area contributed by atoms with Crippen LogP contribution in [-0.4, -0.2) is 22.1 Å². The summed E-state index contributed by atoms with van der Waals surface area (Å²) in [4.78, 5) is 22.6. The molecule has 2 aromatic rings. The summed E-state index contributed by atoms with van der Waals surface area (Å²) in [6.07, 6.45) is 1.63. The van der Waals surface area contributed by atoms with Gasteiger partial charge in [0.05, 0.1) is 6.20 Å². The quantitative estimate of drug-likeness (QED) is 0.669. The number of rotatable bonds is 4. The highest BCUT2D eigenvalue weighted by Gasteiger charge is 2.08. The number of benzene rings is 1. The highest BCUT2D eigenvalue weighted by molar-refractivity contribution is 6.04. The van der Waals surface area contributed by atoms with Crippen LogP contribution in [0.25, 0.3) is 0 Å². The molecule has 0 unspecified atom stereocenters. The van der Waals surface area contributed by atoms with E-state index in [4.69, 9.17) is 5.73 Å². The average molecular weight is 273 g/mol. The maximum atomic E-state index is 12.0. The molecule has 1 heterocycles. The predicted octanol–water partition coefficient (Wildman–Crippen LogP) is 1.14. The number of anilines is 1. The normalized spacial score (nSPS) is 10.1. The summed E-state index contributed by atoms with van der Waals surface area (Å²) in [6.45, 7) is 2.18. The number of aryl methyl sites for hydroxylation is 1. The van der Waals surface area contributed by atoms with E-state index in [2.05, 4.69) is 20.8 Å². The Morgan fingerprint density at radius 3 is 2.55 bits per heavy atom. The van der Waals surface area contributed by atoms with Gasteiger partial charge in [-0.25, -0.2) is 4.79 Å². The van der Waals surface area contributed by atoms with Gasteiger partial charge < -0.3 is 16.4 Å². The van der Waals surface area contributed by atoms with Gasteiger partial charge in [0.1, 0.15) is 5.82 Å². The summed E-state index contributed by atoms with van der Waals surface area (Å²) in [5, 5.41) is 11.7. The summed E-state index contributed by atoms with van der Waals surface area (Å²) in [5.74, 6) is 0.348. The minimum atomic E-state index is -0.582. The zero-order chi connectivity index (χ0) is 14.5. The smallest absolute Gasteiger partial charge is 0.312 e. The van der Waals surface area contributed by atoms with Gasteiger partial charge >= 0.3 is 6.03 Å². The fourth-order valence-corrected chi connectivity index (χ4v) is 1.62. The van der Waals surface area contributed by atoms with Gasteiger partial charge in [-0.15, -0.1) is 0 Å². The van der Waals surface area contributed by atoms with Gasteiger partial charge in [0.2, 0.25) is 0 Å². The third kappa shape index (κ3) is 3.35. The lowest BCUT2D eigenvalue weighted by Gasteiger charge is -2.06. The summed E-state index contributed by atoms with van der Waals surface area (Å²) >= 11 is 0. The Labute approximate surface area is 115 Å². The topological polar surface area (TPSA) is 113 Å². The van der Waals surface area contributed by atoms with Crippen molar-refractivity contribution in [1.29, 1.82) is 0 Å². The Balaban J connectivity index is 2.00. The molecule has 0 bridgehead atoms. The molecular weight excluding hydrogens is 258 g/mol. The van der Waals surface area contributed by atoms with E-state index in [-0.39, 0.29) is 5.91 Å². The molecule has 0 saturated heterocycles. The van der Waals surface area contributed by atoms with Gasteiger partial charge in [-0.3, -0.25) is 9.89 Å². The first-order chi connectivity index (χ1) is 9.56. The van der Waals surface area contributed by atoms with Crippen molar-refractivity contribution in [3.05, 3.63) is 47.2 Å². The van der Waals surface area contributed by atoms with Crippen LogP contribution in [0.1, 0.15) is 21.5 Å². The van der Waals surface area contributed by atoms with Crippen LogP contribution in [-0.2, 0) is 6.54 Å². The molecule has 0 fully saturated rings. The maximum absolute atomic E-state index is 12.0. The lowest BCUT2D eigenvalue weighted by atomic mass is 10.1. The Bertz CT molecular complexity index is 618. The van der Waals surface area contributed by atoms with Gasteiger partial charge in [0, 0.05) is 17.7 Å². The molecule has 0 saturated carbocycles. The molecule has 0 radical (unpaired) electrons. The average Bonchev–Trinajstić information content (AvgIpc) is 2.82. The molecule has 1 aromatic heterocycles. The number of amides is 3. The molecule has 20 heavy (non-hydrogen) atoms. The first-order valence-corrected chi connectivity index (χ1v) is 6.00. The van der Waals surface area contributed by atoms with Crippen LogP contribution in [0, 0.1) is 6.92 Å². The van der Waals surface area contributed by atoms with Crippen molar-refractivity contribution in [2.45, 2.75) is 13.5 Å². The van der Waals surface area contributed by atoms with Crippen molar-refractivity contribution in [1.82, 2.24) is 15.5 Å². The molecule has 7 heteroatoms. The number of nitrogens with zero attached hydrogens (tertiary/aromatic N) is 1. The second kappa shape index (κ2) is 5.87. The first-order valence-electron chi connectivity index (χ1n) is 6.00. The zero-order valence-electron chi connectivity index (χ0n) is 10.9. The molecule has 2 rings (SSSR count). The Morgan fingerprint density at radius 1 is 1.30 bits per heavy atom. The van der Waals surface area contributed by atoms with Crippen molar-refractivity contribution in [3.63, 3.8) is 0 Å². The Hall–Kier alpha value is -2.83. The minimum Gasteiger partial charge on any atom is -0.352 e. The molecule has 7 nitrogen and oxygen atoms in total. The number of H-pyrrole nitrogens is 1. The molecule has 104 valence electrons. The van der Waals surface area contributed by atoms with Crippen LogP contribution in [0.15, 0.2) is 30.5 Å². The number of hydrogen-bond donors (Lipinski definition) is 4. The van der Waals surface area contributed by atoms with E-state index in [9.17, 15) is 9.59 Å². The van der Waals surface area contributed by atoms with E-state index in [0.29, 0.717) is 17.9 Å². The van der Waals surface area contributed by atoms with Crippen molar-refractivity contribution < 1.29 is 9.59 Å². The van der Waals surface area contributed by atoms with Crippen molar-refractivity contribution in [3.8, 4) is 0 Å². The highest BCUT2D eigenvalue weighted by Crippen LogP contribution is 2.11. The summed E-state index contributed by atoms with van der Waals surface area (Å²) < 4.78 is 0. The fraction of sp³-hybridized carbons (Fsp3) is 0.154. The van der Waals surface area contributed by atoms with Crippen molar-refractivity contribution >= 4 is 17.8 Å². The number of nitrogens with two attached hydrogens (primary N) is 1. The molecule has 5 N–H and O–H groups in total. The molecule has 0 aliphatic carbocycles. The van der Waals surface area contributed by atoms with Gasteiger partial charge in [0.15, 0.2) is 0 Å². The predicted molar refractivity (Wildman–Crippen MR) is 74.1 cm³/mol. The molecule has 1 aromatic carbocycles. The van der Waals surface area contributed by atoms with Gasteiger partial charge in [-0.05, 0) is 24.6 Å². The van der Waals surface area contributed by atoms with Gasteiger partial charge in [-0.1, -0.05) is 12.1 Å². The number of carbonyl (C=O) groups excluding carboxylic acids is 2. The molecule has 0 aliphatic rings. The summed E-state index contributed by atoms with van der Waals surface area (Å²) in [5.41, 5.74) is 7.22. The number of primary amides is 1. The highest BCUT2D eigenvalue weighted by atomic mass is 16.2. The third-order valence-corrected chi connectivity index (χ3v) is 2.75. The molecule has 3 amide bonds. The van der Waals surface area contributed by atoms with E-state index in [1.54, 1.807) is 30.5 Å². The van der Waals surface area contributed by atoms with E-state index in [1.807, 2.05) is 6.92 Å². The second-order valence-corrected chi connectivity index (χ2v) is 4.30. The van der Waals surface area contributed by atoms with Crippen molar-refractivity contribution in [2.75, 3.05) is 5.32 Å². The van der Waals surface area contributed by atoms with Crippen molar-refractivity contribution in [2.24, 2.45) is 5.73 Å². The fourth-order valence-electron chi connectivity index (χ4n) is 1.62. The zero-order valence-corrected chi connectivity index (χ0v) is 10.9. The van der Waals surface area contributed by atoms with Crippen LogP contribution in [0.2, 0.25) is 0 Å². The Morgan fingerprint density at radius 2 is 2.00 bits per heavy atom. The number of aromatic nitrogens is 2.